The number of benzene rings is 1. The van der Waals surface area contributed by atoms with Gasteiger partial charge in [-0.2, -0.15) is 5.10 Å². The first kappa shape index (κ1) is 14.8. The Balaban J connectivity index is 2.53. The molecule has 0 saturated heterocycles. The van der Waals surface area contributed by atoms with Crippen LogP contribution in [0.5, 0.6) is 0 Å². The molecular formula is C15H16N2O4. The average molecular weight is 288 g/mol. The molecule has 1 N–H and O–H groups in total. The van der Waals surface area contributed by atoms with Crippen molar-refractivity contribution in [2.45, 2.75) is 20.8 Å². The molecule has 21 heavy (non-hydrogen) atoms. The third-order valence-corrected chi connectivity index (χ3v) is 3.01. The lowest BCUT2D eigenvalue weighted by Gasteiger charge is -2.06. The van der Waals surface area contributed by atoms with Crippen molar-refractivity contribution >= 4 is 11.9 Å². The Morgan fingerprint density at radius 3 is 2.62 bits per heavy atom. The zero-order chi connectivity index (χ0) is 15.6. The van der Waals surface area contributed by atoms with Crippen LogP contribution in [0.1, 0.15) is 38.9 Å². The Hall–Kier alpha value is -2.63. The predicted molar refractivity (Wildman–Crippen MR) is 76.0 cm³/mol. The molecule has 0 aliphatic heterocycles. The number of esters is 1. The first-order chi connectivity index (χ1) is 9.93. The van der Waals surface area contributed by atoms with E-state index < -0.39 is 11.9 Å². The lowest BCUT2D eigenvalue weighted by molar-refractivity contribution is 0.0507. The van der Waals surface area contributed by atoms with E-state index >= 15 is 0 Å². The van der Waals surface area contributed by atoms with Crippen LogP contribution < -0.4 is 0 Å². The van der Waals surface area contributed by atoms with Crippen LogP contribution >= 0.6 is 0 Å². The van der Waals surface area contributed by atoms with Crippen LogP contribution in [0.2, 0.25) is 0 Å². The number of ether oxygens (including phenoxy) is 1. The highest BCUT2D eigenvalue weighted by atomic mass is 16.5. The molecule has 0 amide bonds. The van der Waals surface area contributed by atoms with Gasteiger partial charge in [-0.05, 0) is 32.4 Å². The molecule has 0 fully saturated rings. The maximum absolute atomic E-state index is 11.8. The van der Waals surface area contributed by atoms with Gasteiger partial charge in [0.2, 0.25) is 0 Å². The van der Waals surface area contributed by atoms with E-state index in [1.165, 1.54) is 10.9 Å². The van der Waals surface area contributed by atoms with E-state index in [2.05, 4.69) is 5.10 Å². The molecule has 0 saturated carbocycles. The van der Waals surface area contributed by atoms with Gasteiger partial charge in [0.25, 0.3) is 0 Å². The van der Waals surface area contributed by atoms with Crippen LogP contribution in [0.3, 0.4) is 0 Å². The Morgan fingerprint density at radius 1 is 1.33 bits per heavy atom. The molecule has 0 unspecified atom stereocenters. The average Bonchev–Trinajstić information content (AvgIpc) is 2.84. The largest absolute Gasteiger partial charge is 0.478 e. The van der Waals surface area contributed by atoms with E-state index in [0.29, 0.717) is 0 Å². The molecule has 1 aromatic carbocycles. The summed E-state index contributed by atoms with van der Waals surface area (Å²) >= 11 is 0. The van der Waals surface area contributed by atoms with Gasteiger partial charge in [0, 0.05) is 6.20 Å². The first-order valence-corrected chi connectivity index (χ1v) is 6.51. The van der Waals surface area contributed by atoms with Crippen LogP contribution in [0, 0.1) is 13.8 Å². The Bertz CT molecular complexity index is 704. The van der Waals surface area contributed by atoms with Crippen LogP contribution in [-0.4, -0.2) is 33.4 Å². The summed E-state index contributed by atoms with van der Waals surface area (Å²) in [5.41, 5.74) is 2.38. The number of aryl methyl sites for hydroxylation is 2. The Morgan fingerprint density at radius 2 is 2.05 bits per heavy atom. The van der Waals surface area contributed by atoms with Crippen molar-refractivity contribution in [1.82, 2.24) is 9.78 Å². The van der Waals surface area contributed by atoms with Gasteiger partial charge >= 0.3 is 11.9 Å². The van der Waals surface area contributed by atoms with Gasteiger partial charge in [-0.3, -0.25) is 0 Å². The fraction of sp³-hybridized carbons (Fsp3) is 0.267. The molecule has 6 nitrogen and oxygen atoms in total. The van der Waals surface area contributed by atoms with E-state index in [1.54, 1.807) is 6.92 Å². The minimum Gasteiger partial charge on any atom is -0.478 e. The number of hydrogen-bond acceptors (Lipinski definition) is 4. The molecule has 0 spiro atoms. The molecule has 1 heterocycles. The highest BCUT2D eigenvalue weighted by Crippen LogP contribution is 2.18. The summed E-state index contributed by atoms with van der Waals surface area (Å²) in [6, 6.07) is 5.69. The molecule has 2 rings (SSSR count). The van der Waals surface area contributed by atoms with Crippen molar-refractivity contribution in [3.8, 4) is 5.69 Å². The van der Waals surface area contributed by atoms with Gasteiger partial charge < -0.3 is 9.84 Å². The van der Waals surface area contributed by atoms with E-state index in [-0.39, 0.29) is 17.9 Å². The number of aromatic carboxylic acids is 1. The third kappa shape index (κ3) is 2.94. The number of carbonyl (C=O) groups is 2. The summed E-state index contributed by atoms with van der Waals surface area (Å²) in [4.78, 5) is 23.0. The van der Waals surface area contributed by atoms with Gasteiger partial charge in [0.15, 0.2) is 5.69 Å². The minimum absolute atomic E-state index is 0.161. The second kappa shape index (κ2) is 5.78. The van der Waals surface area contributed by atoms with Crippen molar-refractivity contribution in [3.63, 3.8) is 0 Å². The van der Waals surface area contributed by atoms with Crippen molar-refractivity contribution in [1.29, 1.82) is 0 Å². The number of aromatic nitrogens is 2. The normalized spacial score (nSPS) is 10.4. The van der Waals surface area contributed by atoms with Gasteiger partial charge in [-0.15, -0.1) is 0 Å². The quantitative estimate of drug-likeness (QED) is 0.873. The van der Waals surface area contributed by atoms with Crippen LogP contribution in [0.15, 0.2) is 24.4 Å². The molecule has 0 aliphatic carbocycles. The van der Waals surface area contributed by atoms with E-state index in [9.17, 15) is 14.7 Å². The van der Waals surface area contributed by atoms with E-state index in [0.717, 1.165) is 16.8 Å². The smallest absolute Gasteiger partial charge is 0.359 e. The molecular weight excluding hydrogens is 272 g/mol. The van der Waals surface area contributed by atoms with Gasteiger partial charge in [-0.1, -0.05) is 17.7 Å². The fourth-order valence-corrected chi connectivity index (χ4v) is 2.07. The highest BCUT2D eigenvalue weighted by Gasteiger charge is 2.23. The fourth-order valence-electron chi connectivity index (χ4n) is 2.07. The molecule has 0 aliphatic rings. The zero-order valence-electron chi connectivity index (χ0n) is 12.1. The van der Waals surface area contributed by atoms with E-state index in [4.69, 9.17) is 4.74 Å². The van der Waals surface area contributed by atoms with Gasteiger partial charge in [-0.25, -0.2) is 14.3 Å². The molecule has 2 aromatic rings. The Kier molecular flexibility index (Phi) is 4.07. The number of hydrogen-bond donors (Lipinski definition) is 1. The zero-order valence-corrected chi connectivity index (χ0v) is 12.1. The standard InChI is InChI=1S/C15H16N2O4/c1-4-21-15(20)13-11(14(18)19)8-17(16-13)12-6-5-9(2)7-10(12)3/h5-8H,4H2,1-3H3,(H,18,19). The van der Waals surface area contributed by atoms with Crippen LogP contribution in [-0.2, 0) is 4.74 Å². The summed E-state index contributed by atoms with van der Waals surface area (Å²) < 4.78 is 6.23. The monoisotopic (exact) mass is 288 g/mol. The molecule has 6 heteroatoms. The second-order valence-corrected chi connectivity index (χ2v) is 4.65. The van der Waals surface area contributed by atoms with Gasteiger partial charge in [0.1, 0.15) is 5.56 Å². The molecule has 0 radical (unpaired) electrons. The van der Waals surface area contributed by atoms with Crippen LogP contribution in [0.4, 0.5) is 0 Å². The maximum Gasteiger partial charge on any atom is 0.359 e. The number of rotatable bonds is 4. The lowest BCUT2D eigenvalue weighted by atomic mass is 10.1. The summed E-state index contributed by atoms with van der Waals surface area (Å²) in [5, 5.41) is 13.3. The second-order valence-electron chi connectivity index (χ2n) is 4.65. The minimum atomic E-state index is -1.21. The van der Waals surface area contributed by atoms with Crippen molar-refractivity contribution in [2.24, 2.45) is 0 Å². The van der Waals surface area contributed by atoms with Crippen molar-refractivity contribution < 1.29 is 19.4 Å². The number of carbonyl (C=O) groups excluding carboxylic acids is 1. The summed E-state index contributed by atoms with van der Waals surface area (Å²) in [7, 11) is 0. The highest BCUT2D eigenvalue weighted by molar-refractivity contribution is 6.00. The third-order valence-electron chi connectivity index (χ3n) is 3.01. The first-order valence-electron chi connectivity index (χ1n) is 6.51. The van der Waals surface area contributed by atoms with Crippen LogP contribution in [0.25, 0.3) is 5.69 Å². The number of nitrogens with zero attached hydrogens (tertiary/aromatic N) is 2. The maximum atomic E-state index is 11.8. The Labute approximate surface area is 122 Å². The molecule has 1 aromatic heterocycles. The molecule has 0 bridgehead atoms. The SMILES string of the molecule is CCOC(=O)c1nn(-c2ccc(C)cc2C)cc1C(=O)O. The predicted octanol–water partition coefficient (Wildman–Crippen LogP) is 2.36. The number of carboxylic acid groups (broad SMARTS) is 1. The van der Waals surface area contributed by atoms with Crippen molar-refractivity contribution in [3.05, 3.63) is 46.8 Å². The molecule has 0 atom stereocenters. The summed E-state index contributed by atoms with van der Waals surface area (Å²) in [6.07, 6.45) is 1.33. The van der Waals surface area contributed by atoms with Gasteiger partial charge in [0.05, 0.1) is 12.3 Å². The summed E-state index contributed by atoms with van der Waals surface area (Å²) in [6.45, 7) is 5.68. The number of carboxylic acids is 1. The topological polar surface area (TPSA) is 81.4 Å². The molecule has 110 valence electrons. The van der Waals surface area contributed by atoms with Crippen molar-refractivity contribution in [2.75, 3.05) is 6.61 Å². The lowest BCUT2D eigenvalue weighted by Crippen LogP contribution is -2.11. The van der Waals surface area contributed by atoms with E-state index in [1.807, 2.05) is 32.0 Å². The summed E-state index contributed by atoms with van der Waals surface area (Å²) in [5.74, 6) is -1.95.